The summed E-state index contributed by atoms with van der Waals surface area (Å²) in [6, 6.07) is 24.9. The Kier molecular flexibility index (Phi) is 9.98. The fraction of sp³-hybridized carbons (Fsp3) is 0.206. The molecule has 3 N–H and O–H groups in total. The molecule has 0 saturated carbocycles. The minimum atomic E-state index is -4.45. The van der Waals surface area contributed by atoms with Crippen LogP contribution in [0.1, 0.15) is 58.4 Å². The third-order valence-corrected chi connectivity index (χ3v) is 6.88. The maximum absolute atomic E-state index is 13.2. The maximum Gasteiger partial charge on any atom is 0.416 e. The molecule has 0 fully saturated rings. The number of hydrogen-bond acceptors (Lipinski definition) is 3. The van der Waals surface area contributed by atoms with Gasteiger partial charge in [0, 0.05) is 24.2 Å². The summed E-state index contributed by atoms with van der Waals surface area (Å²) < 4.78 is 39.0. The Morgan fingerprint density at radius 1 is 0.837 bits per heavy atom. The van der Waals surface area contributed by atoms with Crippen molar-refractivity contribution in [1.82, 2.24) is 10.6 Å². The zero-order valence-electron chi connectivity index (χ0n) is 23.8. The van der Waals surface area contributed by atoms with Crippen LogP contribution < -0.4 is 16.0 Å². The number of amides is 3. The van der Waals surface area contributed by atoms with E-state index in [1.165, 1.54) is 12.1 Å². The van der Waals surface area contributed by atoms with Crippen LogP contribution >= 0.6 is 0 Å². The van der Waals surface area contributed by atoms with Crippen LogP contribution in [-0.2, 0) is 22.3 Å². The van der Waals surface area contributed by atoms with E-state index in [1.54, 1.807) is 60.7 Å². The van der Waals surface area contributed by atoms with E-state index in [9.17, 15) is 27.6 Å². The molecule has 0 radical (unpaired) electrons. The molecule has 4 aromatic carbocycles. The van der Waals surface area contributed by atoms with Gasteiger partial charge in [0.15, 0.2) is 0 Å². The molecule has 0 aliphatic carbocycles. The van der Waals surface area contributed by atoms with E-state index in [4.69, 9.17) is 0 Å². The number of nitrogens with one attached hydrogen (secondary N) is 3. The van der Waals surface area contributed by atoms with Gasteiger partial charge in [0.25, 0.3) is 5.91 Å². The molecule has 0 saturated heterocycles. The zero-order valence-corrected chi connectivity index (χ0v) is 23.8. The Morgan fingerprint density at radius 2 is 1.51 bits per heavy atom. The Bertz CT molecular complexity index is 1590. The largest absolute Gasteiger partial charge is 0.416 e. The van der Waals surface area contributed by atoms with Crippen LogP contribution in [0.25, 0.3) is 11.1 Å². The summed E-state index contributed by atoms with van der Waals surface area (Å²) in [7, 11) is 0. The van der Waals surface area contributed by atoms with E-state index >= 15 is 0 Å². The average molecular weight is 588 g/mol. The lowest BCUT2D eigenvalue weighted by Crippen LogP contribution is -2.40. The number of hydrogen-bond donors (Lipinski definition) is 3. The molecule has 0 aliphatic rings. The van der Waals surface area contributed by atoms with Crippen molar-refractivity contribution in [2.75, 3.05) is 5.32 Å². The lowest BCUT2D eigenvalue weighted by atomic mass is 9.98. The van der Waals surface area contributed by atoms with Crippen molar-refractivity contribution < 1.29 is 27.6 Å². The highest BCUT2D eigenvalue weighted by Crippen LogP contribution is 2.32. The van der Waals surface area contributed by atoms with Gasteiger partial charge in [-0.3, -0.25) is 14.4 Å². The van der Waals surface area contributed by atoms with Crippen LogP contribution in [0.3, 0.4) is 0 Å². The molecule has 0 heterocycles. The Labute approximate surface area is 248 Å². The molecule has 43 heavy (non-hydrogen) atoms. The summed E-state index contributed by atoms with van der Waals surface area (Å²) in [5, 5.41) is 8.57. The molecule has 0 aliphatic heterocycles. The van der Waals surface area contributed by atoms with Gasteiger partial charge in [-0.25, -0.2) is 0 Å². The second kappa shape index (κ2) is 13.8. The van der Waals surface area contributed by atoms with Gasteiger partial charge in [0.1, 0.15) is 6.04 Å². The van der Waals surface area contributed by atoms with E-state index in [0.717, 1.165) is 23.3 Å². The molecule has 4 aromatic rings. The Morgan fingerprint density at radius 3 is 2.16 bits per heavy atom. The topological polar surface area (TPSA) is 87.3 Å². The fourth-order valence-corrected chi connectivity index (χ4v) is 4.63. The van der Waals surface area contributed by atoms with E-state index in [-0.39, 0.29) is 18.4 Å². The first-order valence-corrected chi connectivity index (χ1v) is 13.9. The van der Waals surface area contributed by atoms with Crippen molar-refractivity contribution in [1.29, 1.82) is 0 Å². The molecule has 0 unspecified atom stereocenters. The van der Waals surface area contributed by atoms with Crippen LogP contribution in [0.15, 0.2) is 97.1 Å². The summed E-state index contributed by atoms with van der Waals surface area (Å²) in [5.41, 5.74) is 3.32. The number of carbonyl (C=O) groups excluding carboxylic acids is 3. The van der Waals surface area contributed by atoms with E-state index < -0.39 is 23.7 Å². The molecule has 222 valence electrons. The zero-order chi connectivity index (χ0) is 31.0. The number of halogens is 3. The predicted octanol–water partition coefficient (Wildman–Crippen LogP) is 7.21. The number of aryl methyl sites for hydroxylation is 1. The average Bonchev–Trinajstić information content (AvgIpc) is 3.00. The second-order valence-electron chi connectivity index (χ2n) is 10.1. The molecular weight excluding hydrogens is 555 g/mol. The van der Waals surface area contributed by atoms with Gasteiger partial charge >= 0.3 is 6.18 Å². The summed E-state index contributed by atoms with van der Waals surface area (Å²) in [5.74, 6) is -0.957. The molecular formula is C34H32F3N3O3. The van der Waals surface area contributed by atoms with Gasteiger partial charge in [-0.1, -0.05) is 79.7 Å². The normalized spacial score (nSPS) is 11.8. The number of carbonyl (C=O) groups is 3. The molecule has 0 bridgehead atoms. The number of anilines is 1. The van der Waals surface area contributed by atoms with E-state index in [0.29, 0.717) is 40.8 Å². The highest BCUT2D eigenvalue weighted by molar-refractivity contribution is 6.09. The van der Waals surface area contributed by atoms with Crippen LogP contribution in [0.2, 0.25) is 0 Å². The molecule has 9 heteroatoms. The monoisotopic (exact) mass is 587 g/mol. The maximum atomic E-state index is 13.2. The summed E-state index contributed by atoms with van der Waals surface area (Å²) in [6.07, 6.45) is -3.47. The molecule has 1 atom stereocenters. The highest BCUT2D eigenvalue weighted by atomic mass is 19.4. The van der Waals surface area contributed by atoms with Gasteiger partial charge in [-0.15, -0.1) is 0 Å². The van der Waals surface area contributed by atoms with Gasteiger partial charge in [-0.05, 0) is 65.4 Å². The van der Waals surface area contributed by atoms with Gasteiger partial charge in [0.05, 0.1) is 5.56 Å². The SMILES string of the molecule is CCCC(=O)N[C@H](C(=O)NCc1ccc(NC(=O)c2ccccc2-c2ccc(C(F)(F)F)cc2)c(C)c1)c1ccccc1. The fourth-order valence-electron chi connectivity index (χ4n) is 4.63. The van der Waals surface area contributed by atoms with Crippen LogP contribution in [0.4, 0.5) is 18.9 Å². The van der Waals surface area contributed by atoms with Gasteiger partial charge in [-0.2, -0.15) is 13.2 Å². The first kappa shape index (κ1) is 31.0. The molecule has 0 spiro atoms. The quantitative estimate of drug-likeness (QED) is 0.183. The summed E-state index contributed by atoms with van der Waals surface area (Å²) in [4.78, 5) is 38.6. The smallest absolute Gasteiger partial charge is 0.350 e. The minimum Gasteiger partial charge on any atom is -0.350 e. The minimum absolute atomic E-state index is 0.206. The van der Waals surface area contributed by atoms with Crippen molar-refractivity contribution in [3.63, 3.8) is 0 Å². The van der Waals surface area contributed by atoms with Crippen molar-refractivity contribution in [3.05, 3.63) is 125 Å². The van der Waals surface area contributed by atoms with Crippen molar-refractivity contribution >= 4 is 23.4 Å². The Hall–Kier alpha value is -4.92. The third-order valence-electron chi connectivity index (χ3n) is 6.88. The summed E-state index contributed by atoms with van der Waals surface area (Å²) in [6.45, 7) is 3.92. The molecule has 3 amide bonds. The standard InChI is InChI=1S/C34H32F3N3O3/c1-3-9-30(41)40-31(25-10-5-4-6-11-25)33(43)38-21-23-14-19-29(22(2)20-23)39-32(42)28-13-8-7-12-27(28)24-15-17-26(18-16-24)34(35,36)37/h4-8,10-20,31H,3,9,21H2,1-2H3,(H,38,43)(H,39,42)(H,40,41)/t31-/m0/s1. The van der Waals surface area contributed by atoms with Gasteiger partial charge < -0.3 is 16.0 Å². The Balaban J connectivity index is 1.44. The molecule has 0 aromatic heterocycles. The number of alkyl halides is 3. The first-order valence-electron chi connectivity index (χ1n) is 13.9. The van der Waals surface area contributed by atoms with Gasteiger partial charge in [0.2, 0.25) is 11.8 Å². The molecule has 4 rings (SSSR count). The van der Waals surface area contributed by atoms with Crippen molar-refractivity contribution in [3.8, 4) is 11.1 Å². The van der Waals surface area contributed by atoms with Crippen LogP contribution in [-0.4, -0.2) is 17.7 Å². The van der Waals surface area contributed by atoms with Crippen molar-refractivity contribution in [2.45, 2.75) is 45.5 Å². The highest BCUT2D eigenvalue weighted by Gasteiger charge is 2.30. The third kappa shape index (κ3) is 8.09. The predicted molar refractivity (Wildman–Crippen MR) is 160 cm³/mol. The molecule has 6 nitrogen and oxygen atoms in total. The second-order valence-corrected chi connectivity index (χ2v) is 10.1. The van der Waals surface area contributed by atoms with E-state index in [1.807, 2.05) is 26.0 Å². The van der Waals surface area contributed by atoms with Crippen LogP contribution in [0, 0.1) is 6.92 Å². The number of benzene rings is 4. The van der Waals surface area contributed by atoms with Crippen molar-refractivity contribution in [2.24, 2.45) is 0 Å². The lowest BCUT2D eigenvalue weighted by Gasteiger charge is -2.19. The van der Waals surface area contributed by atoms with E-state index in [2.05, 4.69) is 16.0 Å². The summed E-state index contributed by atoms with van der Waals surface area (Å²) >= 11 is 0. The number of rotatable bonds is 10. The lowest BCUT2D eigenvalue weighted by molar-refractivity contribution is -0.137. The first-order chi connectivity index (χ1) is 20.6. The van der Waals surface area contributed by atoms with Crippen LogP contribution in [0.5, 0.6) is 0 Å².